The van der Waals surface area contributed by atoms with Crippen LogP contribution in [-0.4, -0.2) is 24.5 Å². The summed E-state index contributed by atoms with van der Waals surface area (Å²) in [6, 6.07) is 54.4. The molecule has 7 rings (SSSR count). The third-order valence-electron chi connectivity index (χ3n) is 9.80. The zero-order valence-corrected chi connectivity index (χ0v) is 28.0. The fraction of sp³-hybridized carbons (Fsp3) is 0.214. The molecule has 0 spiro atoms. The van der Waals surface area contributed by atoms with E-state index in [4.69, 9.17) is 9.41 Å². The summed E-state index contributed by atoms with van der Waals surface area (Å²) in [4.78, 5) is 5.10. The van der Waals surface area contributed by atoms with Crippen LogP contribution in [0.5, 0.6) is 0 Å². The average Bonchev–Trinajstić information content (AvgIpc) is 3.72. The van der Waals surface area contributed by atoms with Gasteiger partial charge in [0.05, 0.1) is 12.0 Å². The molecule has 46 heavy (non-hydrogen) atoms. The lowest BCUT2D eigenvalue weighted by atomic mass is 9.77. The summed E-state index contributed by atoms with van der Waals surface area (Å²) < 4.78 is 9.66. The van der Waals surface area contributed by atoms with E-state index in [9.17, 15) is 0 Å². The number of rotatable bonds is 10. The summed E-state index contributed by atoms with van der Waals surface area (Å²) in [5, 5.41) is 2.62. The van der Waals surface area contributed by atoms with E-state index < -0.39 is 13.9 Å². The van der Waals surface area contributed by atoms with Crippen molar-refractivity contribution in [2.75, 3.05) is 6.61 Å². The van der Waals surface area contributed by atoms with E-state index in [1.54, 1.807) is 0 Å². The molecule has 230 valence electrons. The topological polar surface area (TPSA) is 27.1 Å². The summed E-state index contributed by atoms with van der Waals surface area (Å²) in [5.41, 5.74) is 4.21. The first-order valence-electron chi connectivity index (χ1n) is 16.4. The Balaban J connectivity index is 1.23. The Labute approximate surface area is 274 Å². The summed E-state index contributed by atoms with van der Waals surface area (Å²) in [7, 11) is -2.59. The second kappa shape index (κ2) is 12.4. The third kappa shape index (κ3) is 5.26. The molecule has 6 aromatic rings. The summed E-state index contributed by atoms with van der Waals surface area (Å²) >= 11 is 0. The van der Waals surface area contributed by atoms with Crippen LogP contribution in [0.15, 0.2) is 164 Å². The van der Waals surface area contributed by atoms with E-state index in [0.717, 1.165) is 18.7 Å². The van der Waals surface area contributed by atoms with Gasteiger partial charge in [-0.3, -0.25) is 0 Å². The highest BCUT2D eigenvalue weighted by Gasteiger charge is 2.52. The minimum absolute atomic E-state index is 0.0394. The van der Waals surface area contributed by atoms with E-state index in [1.165, 1.54) is 27.1 Å². The lowest BCUT2D eigenvalue weighted by Gasteiger charge is -2.43. The number of aromatic nitrogens is 2. The first kappa shape index (κ1) is 30.2. The monoisotopic (exact) mass is 618 g/mol. The highest BCUT2D eigenvalue weighted by atomic mass is 28.4. The molecule has 0 amide bonds. The molecule has 1 heterocycles. The Morgan fingerprint density at radius 2 is 1.04 bits per heavy atom. The maximum Gasteiger partial charge on any atom is 0.261 e. The zero-order valence-electron chi connectivity index (χ0n) is 27.0. The minimum Gasteiger partial charge on any atom is -0.407 e. The first-order chi connectivity index (χ1) is 22.4. The van der Waals surface area contributed by atoms with Gasteiger partial charge in [0.25, 0.3) is 8.32 Å². The average molecular weight is 619 g/mol. The largest absolute Gasteiger partial charge is 0.407 e. The molecule has 4 heteroatoms. The van der Waals surface area contributed by atoms with Crippen molar-refractivity contribution >= 4 is 18.7 Å². The molecule has 0 N–H and O–H groups in total. The maximum atomic E-state index is 7.33. The molecule has 1 aliphatic carbocycles. The minimum atomic E-state index is -2.59. The lowest BCUT2D eigenvalue weighted by molar-refractivity contribution is 0.278. The van der Waals surface area contributed by atoms with Crippen LogP contribution in [0.25, 0.3) is 0 Å². The van der Waals surface area contributed by atoms with Crippen molar-refractivity contribution < 1.29 is 4.43 Å². The number of hydrogen-bond donors (Lipinski definition) is 0. The molecule has 1 saturated carbocycles. The highest BCUT2D eigenvalue weighted by molar-refractivity contribution is 6.99. The van der Waals surface area contributed by atoms with Gasteiger partial charge in [0.1, 0.15) is 5.54 Å². The van der Waals surface area contributed by atoms with Crippen molar-refractivity contribution in [3.63, 3.8) is 0 Å². The molecular weight excluding hydrogens is 577 g/mol. The maximum absolute atomic E-state index is 7.33. The predicted octanol–water partition coefficient (Wildman–Crippen LogP) is 8.40. The number of benzene rings is 5. The van der Waals surface area contributed by atoms with Gasteiger partial charge in [-0.15, -0.1) is 0 Å². The molecular formula is C42H42N2OSi. The highest BCUT2D eigenvalue weighted by Crippen LogP contribution is 2.49. The number of nitrogens with zero attached hydrogens (tertiary/aromatic N) is 2. The van der Waals surface area contributed by atoms with E-state index in [-0.39, 0.29) is 5.04 Å². The SMILES string of the molecule is CC(C)(C)[Si](OC[C@@H]1C[C@@H]1c1cn(C(c2ccccc2)(c2ccccc2)c2ccccc2)cn1)(c1ccccc1)c1ccccc1. The third-order valence-corrected chi connectivity index (χ3v) is 14.8. The van der Waals surface area contributed by atoms with Gasteiger partial charge in [-0.1, -0.05) is 172 Å². The molecule has 1 aliphatic rings. The molecule has 3 nitrogen and oxygen atoms in total. The Hall–Kier alpha value is -4.51. The molecule has 1 fully saturated rings. The van der Waals surface area contributed by atoms with E-state index in [1.807, 2.05) is 6.33 Å². The predicted molar refractivity (Wildman–Crippen MR) is 191 cm³/mol. The fourth-order valence-corrected chi connectivity index (χ4v) is 12.1. The molecule has 0 aliphatic heterocycles. The van der Waals surface area contributed by atoms with Gasteiger partial charge >= 0.3 is 0 Å². The summed E-state index contributed by atoms with van der Waals surface area (Å²) in [5.74, 6) is 0.809. The lowest BCUT2D eigenvalue weighted by Crippen LogP contribution is -2.66. The Morgan fingerprint density at radius 1 is 0.630 bits per heavy atom. The second-order valence-electron chi connectivity index (χ2n) is 13.6. The van der Waals surface area contributed by atoms with Gasteiger partial charge < -0.3 is 8.99 Å². The van der Waals surface area contributed by atoms with Crippen LogP contribution in [0.3, 0.4) is 0 Å². The standard InChI is InChI=1S/C42H42N2OSi/c1-41(2,3)46(37-25-15-7-16-26-37,38-27-17-8-18-28-38)45-31-33-29-39(33)40-30-44(32-43-40)42(34-19-9-4-10-20-34,35-21-11-5-12-22-35)36-23-13-6-14-24-36/h4-28,30,32-33,39H,29,31H2,1-3H3/t33-,39-/m0/s1. The first-order valence-corrected chi connectivity index (χ1v) is 18.3. The van der Waals surface area contributed by atoms with Crippen LogP contribution in [-0.2, 0) is 9.96 Å². The Kier molecular flexibility index (Phi) is 8.10. The smallest absolute Gasteiger partial charge is 0.261 e. The molecule has 0 bridgehead atoms. The number of imidazole rings is 1. The van der Waals surface area contributed by atoms with E-state index in [2.05, 4.69) is 183 Å². The molecule has 2 atom stereocenters. The van der Waals surface area contributed by atoms with E-state index >= 15 is 0 Å². The summed E-state index contributed by atoms with van der Waals surface area (Å²) in [6.07, 6.45) is 5.42. The van der Waals surface area contributed by atoms with Gasteiger partial charge in [-0.05, 0) is 44.4 Å². The van der Waals surface area contributed by atoms with Crippen molar-refractivity contribution in [1.29, 1.82) is 0 Å². The van der Waals surface area contributed by atoms with Gasteiger partial charge in [0.2, 0.25) is 0 Å². The molecule has 0 saturated heterocycles. The quantitative estimate of drug-likeness (QED) is 0.114. The van der Waals surface area contributed by atoms with Crippen molar-refractivity contribution in [2.24, 2.45) is 5.92 Å². The van der Waals surface area contributed by atoms with Gasteiger partial charge in [0.15, 0.2) is 0 Å². The van der Waals surface area contributed by atoms with Gasteiger partial charge in [0, 0.05) is 18.7 Å². The van der Waals surface area contributed by atoms with Crippen molar-refractivity contribution in [3.05, 3.63) is 187 Å². The molecule has 5 aromatic carbocycles. The van der Waals surface area contributed by atoms with Crippen LogP contribution >= 0.6 is 0 Å². The van der Waals surface area contributed by atoms with Crippen LogP contribution in [0, 0.1) is 5.92 Å². The molecule has 0 radical (unpaired) electrons. The summed E-state index contributed by atoms with van der Waals surface area (Å²) in [6.45, 7) is 7.77. The van der Waals surface area contributed by atoms with Gasteiger partial charge in [-0.2, -0.15) is 0 Å². The van der Waals surface area contributed by atoms with Crippen molar-refractivity contribution in [3.8, 4) is 0 Å². The van der Waals surface area contributed by atoms with Crippen LogP contribution in [0.1, 0.15) is 55.5 Å². The van der Waals surface area contributed by atoms with Crippen molar-refractivity contribution in [1.82, 2.24) is 9.55 Å². The normalized spacial score (nSPS) is 16.7. The van der Waals surface area contributed by atoms with Crippen LogP contribution < -0.4 is 10.4 Å². The molecule has 0 unspecified atom stereocenters. The van der Waals surface area contributed by atoms with Crippen molar-refractivity contribution in [2.45, 2.75) is 43.7 Å². The Morgan fingerprint density at radius 3 is 1.46 bits per heavy atom. The number of hydrogen-bond acceptors (Lipinski definition) is 2. The Bertz CT molecular complexity index is 1710. The van der Waals surface area contributed by atoms with E-state index in [0.29, 0.717) is 11.8 Å². The van der Waals surface area contributed by atoms with Crippen LogP contribution in [0.2, 0.25) is 5.04 Å². The molecule has 1 aromatic heterocycles. The second-order valence-corrected chi connectivity index (χ2v) is 17.9. The van der Waals surface area contributed by atoms with Crippen LogP contribution in [0.4, 0.5) is 0 Å². The van der Waals surface area contributed by atoms with Gasteiger partial charge in [-0.25, -0.2) is 4.98 Å². The fourth-order valence-electron chi connectivity index (χ4n) is 7.49. The zero-order chi connectivity index (χ0) is 31.6.